The van der Waals surface area contributed by atoms with E-state index in [1.54, 1.807) is 0 Å². The highest BCUT2D eigenvalue weighted by atomic mass is 14.9. The van der Waals surface area contributed by atoms with Gasteiger partial charge < -0.3 is 5.32 Å². The van der Waals surface area contributed by atoms with Gasteiger partial charge in [0, 0.05) is 5.69 Å². The van der Waals surface area contributed by atoms with Crippen LogP contribution >= 0.6 is 0 Å². The molecule has 1 N–H and O–H groups in total. The summed E-state index contributed by atoms with van der Waals surface area (Å²) in [5.74, 6) is 0. The third-order valence-electron chi connectivity index (χ3n) is 3.60. The van der Waals surface area contributed by atoms with Crippen molar-refractivity contribution in [3.8, 4) is 0 Å². The fourth-order valence-electron chi connectivity index (χ4n) is 2.52. The van der Waals surface area contributed by atoms with Gasteiger partial charge in [0.15, 0.2) is 0 Å². The Kier molecular flexibility index (Phi) is 4.33. The molecule has 0 radical (unpaired) electrons. The number of anilines is 1. The smallest absolute Gasteiger partial charge is 0.0554 e. The van der Waals surface area contributed by atoms with E-state index in [0.29, 0.717) is 0 Å². The molecule has 104 valence electrons. The van der Waals surface area contributed by atoms with E-state index in [1.807, 2.05) is 6.07 Å². The second-order valence-electron chi connectivity index (χ2n) is 5.16. The second-order valence-corrected chi connectivity index (χ2v) is 5.16. The summed E-state index contributed by atoms with van der Waals surface area (Å²) in [5, 5.41) is 3.64. The fourth-order valence-corrected chi connectivity index (χ4v) is 2.52. The van der Waals surface area contributed by atoms with Crippen LogP contribution in [0.4, 0.5) is 5.69 Å². The van der Waals surface area contributed by atoms with Gasteiger partial charge in [-0.2, -0.15) is 0 Å². The van der Waals surface area contributed by atoms with Crippen molar-refractivity contribution < 1.29 is 0 Å². The average molecular weight is 273 g/mol. The van der Waals surface area contributed by atoms with Crippen LogP contribution in [0.3, 0.4) is 0 Å². The Balaban J connectivity index is 1.84. The molecule has 0 bridgehead atoms. The normalized spacial score (nSPS) is 11.8. The first-order valence-electron chi connectivity index (χ1n) is 7.32. The molecule has 0 unspecified atom stereocenters. The molecular formula is C20H19N. The van der Waals surface area contributed by atoms with Crippen LogP contribution < -0.4 is 5.32 Å². The number of hydrogen-bond acceptors (Lipinski definition) is 1. The third-order valence-corrected chi connectivity index (χ3v) is 3.60. The molecule has 0 saturated heterocycles. The molecule has 1 nitrogen and oxygen atoms in total. The lowest BCUT2D eigenvalue weighted by atomic mass is 9.98. The first-order chi connectivity index (χ1) is 10.4. The maximum absolute atomic E-state index is 3.64. The summed E-state index contributed by atoms with van der Waals surface area (Å²) in [6.07, 6.45) is 0.972. The zero-order valence-corrected chi connectivity index (χ0v) is 11.9. The van der Waals surface area contributed by atoms with E-state index >= 15 is 0 Å². The quantitative estimate of drug-likeness (QED) is 0.683. The molecule has 1 atom stereocenters. The highest BCUT2D eigenvalue weighted by Gasteiger charge is 2.11. The zero-order valence-electron chi connectivity index (χ0n) is 11.9. The predicted molar refractivity (Wildman–Crippen MR) is 89.4 cm³/mol. The lowest BCUT2D eigenvalue weighted by molar-refractivity contribution is 0.775. The molecular weight excluding hydrogens is 254 g/mol. The summed E-state index contributed by atoms with van der Waals surface area (Å²) < 4.78 is 0. The van der Waals surface area contributed by atoms with Gasteiger partial charge in [-0.1, -0.05) is 78.9 Å². The van der Waals surface area contributed by atoms with Crippen LogP contribution in [-0.2, 0) is 6.42 Å². The Morgan fingerprint density at radius 3 is 1.76 bits per heavy atom. The van der Waals surface area contributed by atoms with Crippen molar-refractivity contribution in [1.29, 1.82) is 0 Å². The molecule has 0 aliphatic carbocycles. The number of rotatable bonds is 5. The first kappa shape index (κ1) is 13.4. The minimum absolute atomic E-state index is 0.274. The van der Waals surface area contributed by atoms with Crippen LogP contribution in [0.25, 0.3) is 0 Å². The van der Waals surface area contributed by atoms with E-state index in [-0.39, 0.29) is 6.04 Å². The van der Waals surface area contributed by atoms with Crippen LogP contribution in [0.15, 0.2) is 91.0 Å². The van der Waals surface area contributed by atoms with Gasteiger partial charge in [0.1, 0.15) is 0 Å². The number of hydrogen-bond donors (Lipinski definition) is 1. The molecule has 21 heavy (non-hydrogen) atoms. The summed E-state index contributed by atoms with van der Waals surface area (Å²) in [6, 6.07) is 31.9. The molecule has 0 aliphatic rings. The SMILES string of the molecule is c1ccc(C[C@@H](Nc2ccccc2)c2ccccc2)cc1. The molecule has 0 fully saturated rings. The van der Waals surface area contributed by atoms with Gasteiger partial charge in [-0.05, 0) is 29.7 Å². The van der Waals surface area contributed by atoms with Crippen molar-refractivity contribution in [3.05, 3.63) is 102 Å². The van der Waals surface area contributed by atoms with Gasteiger partial charge in [0.05, 0.1) is 6.04 Å². The highest BCUT2D eigenvalue weighted by molar-refractivity contribution is 5.45. The summed E-state index contributed by atoms with van der Waals surface area (Å²) in [6.45, 7) is 0. The van der Waals surface area contributed by atoms with Gasteiger partial charge in [0.2, 0.25) is 0 Å². The molecule has 0 amide bonds. The van der Waals surface area contributed by atoms with Crippen molar-refractivity contribution in [2.24, 2.45) is 0 Å². The van der Waals surface area contributed by atoms with E-state index in [9.17, 15) is 0 Å². The topological polar surface area (TPSA) is 12.0 Å². The standard InChI is InChI=1S/C20H19N/c1-4-10-17(11-5-1)16-20(18-12-6-2-7-13-18)21-19-14-8-3-9-15-19/h1-15,20-21H,16H2/t20-/m1/s1. The zero-order chi connectivity index (χ0) is 14.3. The van der Waals surface area contributed by atoms with Crippen molar-refractivity contribution >= 4 is 5.69 Å². The Bertz CT molecular complexity index is 606. The summed E-state index contributed by atoms with van der Waals surface area (Å²) in [7, 11) is 0. The van der Waals surface area contributed by atoms with Gasteiger partial charge in [-0.3, -0.25) is 0 Å². The van der Waals surface area contributed by atoms with E-state index in [1.165, 1.54) is 11.1 Å². The van der Waals surface area contributed by atoms with Crippen LogP contribution in [0.1, 0.15) is 17.2 Å². The molecule has 0 aliphatic heterocycles. The van der Waals surface area contributed by atoms with Crippen molar-refractivity contribution in [3.63, 3.8) is 0 Å². The second kappa shape index (κ2) is 6.76. The first-order valence-corrected chi connectivity index (χ1v) is 7.32. The van der Waals surface area contributed by atoms with Crippen LogP contribution in [0, 0.1) is 0 Å². The molecule has 3 rings (SSSR count). The molecule has 3 aromatic carbocycles. The Labute approximate surface area is 126 Å². The molecule has 0 saturated carbocycles. The summed E-state index contributed by atoms with van der Waals surface area (Å²) in [4.78, 5) is 0. The molecule has 0 heterocycles. The van der Waals surface area contributed by atoms with Gasteiger partial charge in [0.25, 0.3) is 0 Å². The van der Waals surface area contributed by atoms with Crippen LogP contribution in [0.5, 0.6) is 0 Å². The van der Waals surface area contributed by atoms with E-state index in [2.05, 4.69) is 90.2 Å². The lowest BCUT2D eigenvalue weighted by Crippen LogP contribution is -2.13. The molecule has 3 aromatic rings. The van der Waals surface area contributed by atoms with Crippen molar-refractivity contribution in [2.45, 2.75) is 12.5 Å². The Morgan fingerprint density at radius 1 is 0.619 bits per heavy atom. The molecule has 0 aromatic heterocycles. The van der Waals surface area contributed by atoms with Crippen LogP contribution in [0.2, 0.25) is 0 Å². The molecule has 1 heteroatoms. The fraction of sp³-hybridized carbons (Fsp3) is 0.100. The van der Waals surface area contributed by atoms with Gasteiger partial charge in [-0.15, -0.1) is 0 Å². The largest absolute Gasteiger partial charge is 0.378 e. The van der Waals surface area contributed by atoms with Gasteiger partial charge in [-0.25, -0.2) is 0 Å². The van der Waals surface area contributed by atoms with E-state index in [0.717, 1.165) is 12.1 Å². The van der Waals surface area contributed by atoms with E-state index in [4.69, 9.17) is 0 Å². The van der Waals surface area contributed by atoms with Crippen molar-refractivity contribution in [1.82, 2.24) is 0 Å². The number of nitrogens with one attached hydrogen (secondary N) is 1. The predicted octanol–water partition coefficient (Wildman–Crippen LogP) is 5.08. The number of para-hydroxylation sites is 1. The lowest BCUT2D eigenvalue weighted by Gasteiger charge is -2.20. The van der Waals surface area contributed by atoms with Crippen molar-refractivity contribution in [2.75, 3.05) is 5.32 Å². The number of benzene rings is 3. The van der Waals surface area contributed by atoms with Crippen LogP contribution in [-0.4, -0.2) is 0 Å². The summed E-state index contributed by atoms with van der Waals surface area (Å²) >= 11 is 0. The summed E-state index contributed by atoms with van der Waals surface area (Å²) in [5.41, 5.74) is 3.81. The average Bonchev–Trinajstić information content (AvgIpc) is 2.57. The minimum atomic E-state index is 0.274. The Morgan fingerprint density at radius 2 is 1.14 bits per heavy atom. The maximum Gasteiger partial charge on any atom is 0.0554 e. The van der Waals surface area contributed by atoms with E-state index < -0.39 is 0 Å². The maximum atomic E-state index is 3.64. The highest BCUT2D eigenvalue weighted by Crippen LogP contribution is 2.23. The monoisotopic (exact) mass is 273 g/mol. The molecule has 0 spiro atoms. The minimum Gasteiger partial charge on any atom is -0.378 e. The van der Waals surface area contributed by atoms with Gasteiger partial charge >= 0.3 is 0 Å². The Hall–Kier alpha value is -2.54. The third kappa shape index (κ3) is 3.73.